The summed E-state index contributed by atoms with van der Waals surface area (Å²) in [5.41, 5.74) is 1.08. The van der Waals surface area contributed by atoms with E-state index in [4.69, 9.17) is 9.47 Å². The van der Waals surface area contributed by atoms with Gasteiger partial charge in [-0.3, -0.25) is 0 Å². The van der Waals surface area contributed by atoms with Crippen molar-refractivity contribution in [3.63, 3.8) is 0 Å². The van der Waals surface area contributed by atoms with E-state index in [0.717, 1.165) is 36.5 Å². The van der Waals surface area contributed by atoms with Crippen LogP contribution < -0.4 is 4.74 Å². The Kier molecular flexibility index (Phi) is 5.23. The van der Waals surface area contributed by atoms with Gasteiger partial charge >= 0.3 is 0 Å². The SMILES string of the molecule is CCCC(C)Oc1ccccc1C1(Cn2cncn2)OCCS1. The molecule has 0 amide bonds. The number of rotatable bonds is 7. The monoisotopic (exact) mass is 333 g/mol. The number of ether oxygens (including phenoxy) is 2. The fourth-order valence-electron chi connectivity index (χ4n) is 2.88. The van der Waals surface area contributed by atoms with Crippen LogP contribution >= 0.6 is 11.8 Å². The summed E-state index contributed by atoms with van der Waals surface area (Å²) in [7, 11) is 0. The van der Waals surface area contributed by atoms with Crippen LogP contribution in [-0.2, 0) is 16.2 Å². The Morgan fingerprint density at radius 1 is 1.43 bits per heavy atom. The Morgan fingerprint density at radius 2 is 2.30 bits per heavy atom. The van der Waals surface area contributed by atoms with Gasteiger partial charge in [-0.15, -0.1) is 11.8 Å². The third kappa shape index (κ3) is 3.70. The molecule has 1 aliphatic heterocycles. The van der Waals surface area contributed by atoms with Crippen molar-refractivity contribution in [3.8, 4) is 5.75 Å². The van der Waals surface area contributed by atoms with Crippen molar-refractivity contribution in [1.29, 1.82) is 0 Å². The van der Waals surface area contributed by atoms with E-state index in [1.54, 1.807) is 24.4 Å². The number of thioether (sulfide) groups is 1. The first kappa shape index (κ1) is 16.3. The number of benzene rings is 1. The fraction of sp³-hybridized carbons (Fsp3) is 0.529. The third-order valence-electron chi connectivity index (χ3n) is 3.91. The standard InChI is InChI=1S/C17H23N3O2S/c1-3-6-14(2)22-16-8-5-4-7-15(16)17(21-9-10-23-17)11-20-13-18-12-19-20/h4-5,7-8,12-14H,3,6,9-11H2,1-2H3. The summed E-state index contributed by atoms with van der Waals surface area (Å²) in [6, 6.07) is 8.19. The molecule has 2 heterocycles. The first-order valence-corrected chi connectivity index (χ1v) is 9.08. The molecule has 0 aliphatic carbocycles. The van der Waals surface area contributed by atoms with E-state index in [0.29, 0.717) is 6.54 Å². The van der Waals surface area contributed by atoms with E-state index in [-0.39, 0.29) is 6.10 Å². The minimum atomic E-state index is -0.462. The van der Waals surface area contributed by atoms with Crippen LogP contribution in [-0.4, -0.2) is 33.2 Å². The smallest absolute Gasteiger partial charge is 0.162 e. The van der Waals surface area contributed by atoms with E-state index in [9.17, 15) is 0 Å². The summed E-state index contributed by atoms with van der Waals surface area (Å²) in [5, 5.41) is 4.24. The second kappa shape index (κ2) is 7.36. The lowest BCUT2D eigenvalue weighted by Crippen LogP contribution is -2.29. The molecule has 1 aromatic heterocycles. The van der Waals surface area contributed by atoms with Gasteiger partial charge in [0.25, 0.3) is 0 Å². The molecule has 0 spiro atoms. The van der Waals surface area contributed by atoms with Gasteiger partial charge in [-0.1, -0.05) is 31.5 Å². The van der Waals surface area contributed by atoms with Gasteiger partial charge in [-0.25, -0.2) is 9.67 Å². The molecule has 2 aromatic rings. The molecular formula is C17H23N3O2S. The van der Waals surface area contributed by atoms with Crippen LogP contribution in [0.5, 0.6) is 5.75 Å². The van der Waals surface area contributed by atoms with Crippen molar-refractivity contribution < 1.29 is 9.47 Å². The molecule has 0 saturated carbocycles. The predicted octanol–water partition coefficient (Wildman–Crippen LogP) is 3.46. The molecule has 1 fully saturated rings. The van der Waals surface area contributed by atoms with Gasteiger partial charge in [0, 0.05) is 11.3 Å². The Hall–Kier alpha value is -1.53. The number of para-hydroxylation sites is 1. The van der Waals surface area contributed by atoms with Crippen LogP contribution in [0, 0.1) is 0 Å². The number of hydrogen-bond acceptors (Lipinski definition) is 5. The first-order chi connectivity index (χ1) is 11.2. The van der Waals surface area contributed by atoms with Crippen molar-refractivity contribution in [2.75, 3.05) is 12.4 Å². The number of nitrogens with zero attached hydrogens (tertiary/aromatic N) is 3. The summed E-state index contributed by atoms with van der Waals surface area (Å²) >= 11 is 1.80. The van der Waals surface area contributed by atoms with Crippen LogP contribution in [0.3, 0.4) is 0 Å². The van der Waals surface area contributed by atoms with Crippen LogP contribution in [0.1, 0.15) is 32.3 Å². The van der Waals surface area contributed by atoms with E-state index < -0.39 is 4.93 Å². The second-order valence-corrected chi connectivity index (χ2v) is 7.11. The fourth-order valence-corrected chi connectivity index (χ4v) is 4.09. The Morgan fingerprint density at radius 3 is 3.00 bits per heavy atom. The number of hydrogen-bond donors (Lipinski definition) is 0. The minimum Gasteiger partial charge on any atom is -0.490 e. The Bertz CT molecular complexity index is 612. The van der Waals surface area contributed by atoms with Gasteiger partial charge in [0.1, 0.15) is 18.4 Å². The Labute approximate surface area is 141 Å². The highest BCUT2D eigenvalue weighted by atomic mass is 32.2. The van der Waals surface area contributed by atoms with Gasteiger partial charge in [-0.05, 0) is 19.4 Å². The van der Waals surface area contributed by atoms with Crippen molar-refractivity contribution >= 4 is 11.8 Å². The summed E-state index contributed by atoms with van der Waals surface area (Å²) in [4.78, 5) is 3.58. The predicted molar refractivity (Wildman–Crippen MR) is 91.6 cm³/mol. The molecule has 0 radical (unpaired) electrons. The zero-order chi connectivity index (χ0) is 16.1. The molecule has 1 aromatic carbocycles. The van der Waals surface area contributed by atoms with Gasteiger partial charge in [-0.2, -0.15) is 5.10 Å². The maximum Gasteiger partial charge on any atom is 0.162 e. The molecule has 23 heavy (non-hydrogen) atoms. The van der Waals surface area contributed by atoms with Crippen LogP contribution in [0.4, 0.5) is 0 Å². The van der Waals surface area contributed by atoms with Gasteiger partial charge < -0.3 is 9.47 Å². The van der Waals surface area contributed by atoms with E-state index in [2.05, 4.69) is 30.0 Å². The zero-order valence-electron chi connectivity index (χ0n) is 13.6. The summed E-state index contributed by atoms with van der Waals surface area (Å²) in [6.45, 7) is 5.65. The normalized spacial score (nSPS) is 22.2. The van der Waals surface area contributed by atoms with E-state index in [1.807, 2.05) is 22.9 Å². The topological polar surface area (TPSA) is 49.2 Å². The lowest BCUT2D eigenvalue weighted by molar-refractivity contribution is 0.0298. The Balaban J connectivity index is 1.90. The molecule has 0 bridgehead atoms. The molecule has 3 rings (SSSR count). The molecule has 2 unspecified atom stereocenters. The highest BCUT2D eigenvalue weighted by Crippen LogP contribution is 2.47. The quantitative estimate of drug-likeness (QED) is 0.776. The van der Waals surface area contributed by atoms with Crippen molar-refractivity contribution in [2.24, 2.45) is 0 Å². The summed E-state index contributed by atoms with van der Waals surface area (Å²) in [6.07, 6.45) is 5.62. The average molecular weight is 333 g/mol. The third-order valence-corrected chi connectivity index (χ3v) is 5.22. The first-order valence-electron chi connectivity index (χ1n) is 8.10. The largest absolute Gasteiger partial charge is 0.490 e. The van der Waals surface area contributed by atoms with Crippen molar-refractivity contribution in [2.45, 2.75) is 44.3 Å². The maximum absolute atomic E-state index is 6.20. The molecule has 6 heteroatoms. The minimum absolute atomic E-state index is 0.191. The van der Waals surface area contributed by atoms with Gasteiger partial charge in [0.15, 0.2) is 4.93 Å². The van der Waals surface area contributed by atoms with Crippen molar-refractivity contribution in [1.82, 2.24) is 14.8 Å². The molecule has 5 nitrogen and oxygen atoms in total. The van der Waals surface area contributed by atoms with Crippen LogP contribution in [0.25, 0.3) is 0 Å². The number of aromatic nitrogens is 3. The lowest BCUT2D eigenvalue weighted by Gasteiger charge is -2.30. The van der Waals surface area contributed by atoms with Crippen molar-refractivity contribution in [3.05, 3.63) is 42.5 Å². The molecular weight excluding hydrogens is 310 g/mol. The van der Waals surface area contributed by atoms with E-state index >= 15 is 0 Å². The van der Waals surface area contributed by atoms with Gasteiger partial charge in [0.2, 0.25) is 0 Å². The van der Waals surface area contributed by atoms with Crippen LogP contribution in [0.2, 0.25) is 0 Å². The average Bonchev–Trinajstić information content (AvgIpc) is 3.21. The highest BCUT2D eigenvalue weighted by molar-refractivity contribution is 8.00. The highest BCUT2D eigenvalue weighted by Gasteiger charge is 2.41. The molecule has 0 N–H and O–H groups in total. The summed E-state index contributed by atoms with van der Waals surface area (Å²) in [5.74, 6) is 1.87. The molecule has 1 aliphatic rings. The lowest BCUT2D eigenvalue weighted by atomic mass is 10.1. The van der Waals surface area contributed by atoms with E-state index in [1.165, 1.54) is 0 Å². The maximum atomic E-state index is 6.20. The zero-order valence-corrected chi connectivity index (χ0v) is 14.5. The molecule has 2 atom stereocenters. The molecule has 124 valence electrons. The van der Waals surface area contributed by atoms with Crippen LogP contribution in [0.15, 0.2) is 36.9 Å². The second-order valence-electron chi connectivity index (χ2n) is 5.76. The van der Waals surface area contributed by atoms with Gasteiger partial charge in [0.05, 0.1) is 19.3 Å². The summed E-state index contributed by atoms with van der Waals surface area (Å²) < 4.78 is 14.2. The molecule has 1 saturated heterocycles.